The number of benzene rings is 1. The second kappa shape index (κ2) is 8.32. The molecule has 1 aromatic carbocycles. The van der Waals surface area contributed by atoms with E-state index in [1.54, 1.807) is 18.0 Å². The van der Waals surface area contributed by atoms with Gasteiger partial charge in [0, 0.05) is 17.7 Å². The highest BCUT2D eigenvalue weighted by atomic mass is 79.9. The number of methoxy groups -OCH3 is 1. The van der Waals surface area contributed by atoms with Crippen LogP contribution in [0, 0.1) is 0 Å². The highest BCUT2D eigenvalue weighted by molar-refractivity contribution is 9.10. The van der Waals surface area contributed by atoms with Crippen molar-refractivity contribution < 1.29 is 17.9 Å². The first kappa shape index (κ1) is 23.3. The maximum Gasteiger partial charge on any atom is 0.433 e. The first-order chi connectivity index (χ1) is 18.3. The van der Waals surface area contributed by atoms with Crippen LogP contribution in [-0.2, 0) is 19.3 Å². The van der Waals surface area contributed by atoms with Crippen LogP contribution in [0.4, 0.5) is 13.2 Å². The highest BCUT2D eigenvalue weighted by Crippen LogP contribution is 2.45. The number of nitrogens with zero attached hydrogens (tertiary/aromatic N) is 8. The summed E-state index contributed by atoms with van der Waals surface area (Å²) in [4.78, 5) is 22.2. The van der Waals surface area contributed by atoms with Crippen LogP contribution in [0.2, 0.25) is 0 Å². The predicted octanol–water partition coefficient (Wildman–Crippen LogP) is 5.22. The van der Waals surface area contributed by atoms with Crippen LogP contribution in [-0.4, -0.2) is 46.4 Å². The van der Waals surface area contributed by atoms with E-state index in [-0.39, 0.29) is 6.54 Å². The fraction of sp³-hybridized carbons (Fsp3) is 0.280. The quantitative estimate of drug-likeness (QED) is 0.275. The molecule has 0 amide bonds. The lowest BCUT2D eigenvalue weighted by Crippen LogP contribution is -2.12. The van der Waals surface area contributed by atoms with Crippen molar-refractivity contribution in [3.8, 4) is 28.7 Å². The molecule has 13 heteroatoms. The van der Waals surface area contributed by atoms with Crippen LogP contribution in [0.15, 0.2) is 41.5 Å². The van der Waals surface area contributed by atoms with E-state index in [4.69, 9.17) is 9.72 Å². The summed E-state index contributed by atoms with van der Waals surface area (Å²) in [6.07, 6.45) is 1.71. The summed E-state index contributed by atoms with van der Waals surface area (Å²) in [6.45, 7) is 0.471. The fourth-order valence-corrected chi connectivity index (χ4v) is 5.45. The zero-order valence-electron chi connectivity index (χ0n) is 19.9. The van der Waals surface area contributed by atoms with E-state index < -0.39 is 11.9 Å². The van der Waals surface area contributed by atoms with Crippen LogP contribution in [0.3, 0.4) is 0 Å². The molecule has 0 radical (unpaired) electrons. The van der Waals surface area contributed by atoms with Crippen LogP contribution in [0.1, 0.15) is 41.3 Å². The van der Waals surface area contributed by atoms with E-state index in [9.17, 15) is 13.2 Å². The number of halogens is 4. The van der Waals surface area contributed by atoms with E-state index in [1.165, 1.54) is 10.9 Å². The topological polar surface area (TPSA) is 96.4 Å². The molecule has 9 nitrogen and oxygen atoms in total. The lowest BCUT2D eigenvalue weighted by molar-refractivity contribution is -0.143. The SMILES string of the molecule is COc1ncnc(C2CC2)c1-c1ncc2c(Br)nn(Cc3ccc4c(c3)Cn3c(C(F)(F)F)cnc3-4)c2n1. The van der Waals surface area contributed by atoms with Gasteiger partial charge >= 0.3 is 6.18 Å². The Kier molecular flexibility index (Phi) is 5.09. The molecular weight excluding hydrogens is 565 g/mol. The number of imidazole rings is 1. The Morgan fingerprint density at radius 3 is 2.71 bits per heavy atom. The Hall–Kier alpha value is -3.87. The van der Waals surface area contributed by atoms with E-state index in [1.807, 2.05) is 18.2 Å². The van der Waals surface area contributed by atoms with Crippen LogP contribution in [0.25, 0.3) is 33.8 Å². The first-order valence-electron chi connectivity index (χ1n) is 11.8. The van der Waals surface area contributed by atoms with Gasteiger partial charge in [-0.15, -0.1) is 0 Å². The third-order valence-corrected chi connectivity index (χ3v) is 7.47. The molecule has 0 bridgehead atoms. The minimum Gasteiger partial charge on any atom is -0.480 e. The monoisotopic (exact) mass is 582 g/mol. The molecule has 38 heavy (non-hydrogen) atoms. The van der Waals surface area contributed by atoms with Crippen molar-refractivity contribution in [3.63, 3.8) is 0 Å². The molecule has 192 valence electrons. The van der Waals surface area contributed by atoms with Crippen molar-refractivity contribution in [2.45, 2.75) is 38.0 Å². The maximum atomic E-state index is 13.4. The molecule has 0 spiro atoms. The third-order valence-electron chi connectivity index (χ3n) is 6.88. The summed E-state index contributed by atoms with van der Waals surface area (Å²) in [6, 6.07) is 5.58. The minimum atomic E-state index is -4.46. The molecule has 1 aliphatic carbocycles. The minimum absolute atomic E-state index is 0.112. The number of rotatable bonds is 5. The van der Waals surface area contributed by atoms with Gasteiger partial charge in [-0.1, -0.05) is 18.2 Å². The zero-order chi connectivity index (χ0) is 26.2. The van der Waals surface area contributed by atoms with E-state index in [0.717, 1.165) is 41.2 Å². The van der Waals surface area contributed by atoms with Crippen molar-refractivity contribution >= 4 is 27.0 Å². The summed E-state index contributed by atoms with van der Waals surface area (Å²) in [5.41, 5.74) is 3.75. The molecule has 7 rings (SSSR count). The largest absolute Gasteiger partial charge is 0.480 e. The molecule has 0 atom stereocenters. The van der Waals surface area contributed by atoms with Crippen LogP contribution >= 0.6 is 15.9 Å². The number of alkyl halides is 3. The summed E-state index contributed by atoms with van der Waals surface area (Å²) in [7, 11) is 1.56. The van der Waals surface area contributed by atoms with Gasteiger partial charge in [-0.05, 0) is 39.9 Å². The molecular formula is C25H18BrF3N8O. The standard InChI is InChI=1S/C25H18BrF3N8O/c1-38-24-18(19(13-3-4-13)32-11-33-24)21-30-7-16-20(26)35-37(23(16)34-21)9-12-2-5-15-14(6-12)10-36-17(25(27,28)29)8-31-22(15)36/h2,5-8,11,13H,3-4,9-10H2,1H3. The lowest BCUT2D eigenvalue weighted by atomic mass is 10.1. The van der Waals surface area contributed by atoms with Crippen molar-refractivity contribution in [1.29, 1.82) is 0 Å². The maximum absolute atomic E-state index is 13.4. The zero-order valence-corrected chi connectivity index (χ0v) is 21.5. The highest BCUT2D eigenvalue weighted by Gasteiger charge is 2.38. The van der Waals surface area contributed by atoms with Gasteiger partial charge in [0.05, 0.1) is 37.5 Å². The molecule has 0 N–H and O–H groups in total. The molecule has 2 aliphatic rings. The normalized spacial score (nSPS) is 14.7. The van der Waals surface area contributed by atoms with Crippen LogP contribution < -0.4 is 4.74 Å². The first-order valence-corrected chi connectivity index (χ1v) is 12.6. The molecule has 5 aromatic rings. The predicted molar refractivity (Wildman–Crippen MR) is 133 cm³/mol. The summed E-state index contributed by atoms with van der Waals surface area (Å²) < 4.78 is 49.2. The fourth-order valence-electron chi connectivity index (χ4n) is 4.98. The Morgan fingerprint density at radius 2 is 1.95 bits per heavy atom. The van der Waals surface area contributed by atoms with Crippen LogP contribution in [0.5, 0.6) is 5.88 Å². The van der Waals surface area contributed by atoms with E-state index in [0.29, 0.717) is 51.4 Å². The van der Waals surface area contributed by atoms with Crippen molar-refractivity contribution in [1.82, 2.24) is 39.3 Å². The van der Waals surface area contributed by atoms with Gasteiger partial charge in [0.25, 0.3) is 0 Å². The van der Waals surface area contributed by atoms with Gasteiger partial charge in [0.2, 0.25) is 5.88 Å². The van der Waals surface area contributed by atoms with Crippen molar-refractivity contribution in [2.24, 2.45) is 0 Å². The molecule has 0 unspecified atom stereocenters. The Morgan fingerprint density at radius 1 is 1.11 bits per heavy atom. The lowest BCUT2D eigenvalue weighted by Gasteiger charge is -2.11. The smallest absolute Gasteiger partial charge is 0.433 e. The second-order valence-electron chi connectivity index (χ2n) is 9.34. The van der Waals surface area contributed by atoms with Gasteiger partial charge in [-0.2, -0.15) is 18.3 Å². The van der Waals surface area contributed by atoms with Crippen molar-refractivity contribution in [3.05, 3.63) is 64.0 Å². The van der Waals surface area contributed by atoms with Gasteiger partial charge < -0.3 is 9.30 Å². The molecule has 1 fully saturated rings. The van der Waals surface area contributed by atoms with Gasteiger partial charge in [-0.25, -0.2) is 29.6 Å². The number of hydrogen-bond acceptors (Lipinski definition) is 7. The molecule has 1 aliphatic heterocycles. The van der Waals surface area contributed by atoms with Gasteiger partial charge in [0.15, 0.2) is 11.5 Å². The average Bonchev–Trinajstić information content (AvgIpc) is 3.46. The Bertz CT molecular complexity index is 1740. The average molecular weight is 583 g/mol. The number of hydrogen-bond donors (Lipinski definition) is 0. The summed E-state index contributed by atoms with van der Waals surface area (Å²) in [5, 5.41) is 5.33. The van der Waals surface area contributed by atoms with E-state index >= 15 is 0 Å². The Balaban J connectivity index is 1.26. The number of fused-ring (bicyclic) bond motifs is 4. The van der Waals surface area contributed by atoms with Gasteiger partial charge in [-0.3, -0.25) is 0 Å². The molecule has 5 heterocycles. The second-order valence-corrected chi connectivity index (χ2v) is 10.1. The Labute approximate surface area is 221 Å². The summed E-state index contributed by atoms with van der Waals surface area (Å²) >= 11 is 3.50. The third kappa shape index (κ3) is 3.67. The van der Waals surface area contributed by atoms with E-state index in [2.05, 4.69) is 41.0 Å². The molecule has 0 saturated heterocycles. The molecule has 1 saturated carbocycles. The number of ether oxygens (including phenoxy) is 1. The van der Waals surface area contributed by atoms with Gasteiger partial charge in [0.1, 0.15) is 28.0 Å². The van der Waals surface area contributed by atoms with Crippen molar-refractivity contribution in [2.75, 3.05) is 7.11 Å². The summed E-state index contributed by atoms with van der Waals surface area (Å²) in [5.74, 6) is 1.52. The molecule has 4 aromatic heterocycles. The number of aromatic nitrogens is 8.